The summed E-state index contributed by atoms with van der Waals surface area (Å²) in [6, 6.07) is 0. The van der Waals surface area contributed by atoms with Crippen molar-refractivity contribution in [2.45, 2.75) is 6.55 Å². The van der Waals surface area contributed by atoms with Crippen molar-refractivity contribution in [1.82, 2.24) is 0 Å². The molecule has 0 spiro atoms. The van der Waals surface area contributed by atoms with E-state index in [1.54, 1.807) is 0 Å². The SMILES string of the molecule is C[Si](O)(O)O[SiH2]O. The minimum Gasteiger partial charge on any atom is -0.416 e. The van der Waals surface area contributed by atoms with Crippen molar-refractivity contribution in [2.75, 3.05) is 0 Å². The van der Waals surface area contributed by atoms with Gasteiger partial charge in [-0.3, -0.25) is 0 Å². The van der Waals surface area contributed by atoms with E-state index in [4.69, 9.17) is 14.4 Å². The maximum absolute atomic E-state index is 8.36. The third-order valence-corrected chi connectivity index (χ3v) is 3.04. The van der Waals surface area contributed by atoms with Gasteiger partial charge in [-0.05, 0) is 0 Å². The number of hydrogen-bond acceptors (Lipinski definition) is 4. The van der Waals surface area contributed by atoms with Crippen molar-refractivity contribution in [1.29, 1.82) is 0 Å². The van der Waals surface area contributed by atoms with Gasteiger partial charge in [-0.1, -0.05) is 0 Å². The lowest BCUT2D eigenvalue weighted by Gasteiger charge is -2.08. The lowest BCUT2D eigenvalue weighted by atomic mass is 11.9. The van der Waals surface area contributed by atoms with Gasteiger partial charge in [0.15, 0.2) is 0 Å². The molecule has 0 rings (SSSR count). The van der Waals surface area contributed by atoms with Crippen molar-refractivity contribution >= 4 is 18.8 Å². The zero-order valence-corrected chi connectivity index (χ0v) is 6.37. The first kappa shape index (κ1) is 7.27. The standard InChI is InChI=1S/CH8O4Si2/c1-7(3,4)5-6-2/h2-4H,6H2,1H3. The molecule has 0 saturated heterocycles. The average molecular weight is 140 g/mol. The molecule has 0 aromatic rings. The molecule has 0 aromatic heterocycles. The topological polar surface area (TPSA) is 69.9 Å². The van der Waals surface area contributed by atoms with E-state index in [-0.39, 0.29) is 0 Å². The molecule has 0 unspecified atom stereocenters. The highest BCUT2D eigenvalue weighted by Crippen LogP contribution is 1.87. The zero-order valence-electron chi connectivity index (χ0n) is 3.96. The molecule has 3 N–H and O–H groups in total. The molecular weight excluding hydrogens is 132 g/mol. The van der Waals surface area contributed by atoms with Crippen LogP contribution in [-0.4, -0.2) is 33.2 Å². The Morgan fingerprint density at radius 1 is 1.57 bits per heavy atom. The molecule has 0 heterocycles. The Hall–Kier alpha value is 0.274. The summed E-state index contributed by atoms with van der Waals surface area (Å²) in [5, 5.41) is 0. The summed E-state index contributed by atoms with van der Waals surface area (Å²) < 4.78 is 4.17. The van der Waals surface area contributed by atoms with Gasteiger partial charge in [-0.25, -0.2) is 0 Å². The Labute approximate surface area is 44.8 Å². The van der Waals surface area contributed by atoms with E-state index in [0.29, 0.717) is 0 Å². The lowest BCUT2D eigenvalue weighted by molar-refractivity contribution is 0.239. The fourth-order valence-corrected chi connectivity index (χ4v) is 1.10. The molecule has 0 aliphatic carbocycles. The van der Waals surface area contributed by atoms with Crippen LogP contribution in [0.15, 0.2) is 0 Å². The maximum Gasteiger partial charge on any atom is 0.482 e. The molecule has 7 heavy (non-hydrogen) atoms. The summed E-state index contributed by atoms with van der Waals surface area (Å²) in [7, 11) is -4.97. The second kappa shape index (κ2) is 2.55. The summed E-state index contributed by atoms with van der Waals surface area (Å²) in [6.45, 7) is 1.18. The fourth-order valence-electron chi connectivity index (χ4n) is 0.122. The van der Waals surface area contributed by atoms with Crippen molar-refractivity contribution in [3.05, 3.63) is 0 Å². The van der Waals surface area contributed by atoms with Crippen LogP contribution in [0, 0.1) is 0 Å². The van der Waals surface area contributed by atoms with Gasteiger partial charge in [0.05, 0.1) is 0 Å². The van der Waals surface area contributed by atoms with Gasteiger partial charge >= 0.3 is 8.80 Å². The van der Waals surface area contributed by atoms with Crippen LogP contribution in [0.5, 0.6) is 0 Å². The highest BCUT2D eigenvalue weighted by Gasteiger charge is 2.22. The van der Waals surface area contributed by atoms with Gasteiger partial charge in [0, 0.05) is 6.55 Å². The molecule has 0 fully saturated rings. The first-order valence-corrected chi connectivity index (χ1v) is 5.27. The third kappa shape index (κ3) is 6.27. The molecule has 4 nitrogen and oxygen atoms in total. The molecular formula is CH8O4Si2. The Bertz CT molecular complexity index is 48.1. The van der Waals surface area contributed by atoms with Crippen molar-refractivity contribution < 1.29 is 18.5 Å². The van der Waals surface area contributed by atoms with E-state index in [0.717, 1.165) is 0 Å². The van der Waals surface area contributed by atoms with Crippen LogP contribution < -0.4 is 0 Å². The minimum atomic E-state index is -3.35. The molecule has 44 valence electrons. The minimum absolute atomic E-state index is 1.18. The molecule has 0 bridgehead atoms. The molecule has 6 heteroatoms. The molecule has 0 amide bonds. The highest BCUT2D eigenvalue weighted by molar-refractivity contribution is 6.60. The van der Waals surface area contributed by atoms with Crippen LogP contribution in [0.4, 0.5) is 0 Å². The van der Waals surface area contributed by atoms with E-state index in [9.17, 15) is 0 Å². The van der Waals surface area contributed by atoms with Crippen molar-refractivity contribution in [3.8, 4) is 0 Å². The first-order valence-electron chi connectivity index (χ1n) is 1.76. The summed E-state index contributed by atoms with van der Waals surface area (Å²) in [4.78, 5) is 24.8. The quantitative estimate of drug-likeness (QED) is 0.372. The second-order valence-corrected chi connectivity index (χ2v) is 4.49. The molecule has 0 aliphatic heterocycles. The van der Waals surface area contributed by atoms with Crippen molar-refractivity contribution in [3.63, 3.8) is 0 Å². The highest BCUT2D eigenvalue weighted by atomic mass is 28.4. The lowest BCUT2D eigenvalue weighted by Crippen LogP contribution is -2.35. The van der Waals surface area contributed by atoms with Crippen LogP contribution >= 0.6 is 0 Å². The fraction of sp³-hybridized carbons (Fsp3) is 1.00. The monoisotopic (exact) mass is 140 g/mol. The van der Waals surface area contributed by atoms with Gasteiger partial charge in [0.2, 0.25) is 0 Å². The van der Waals surface area contributed by atoms with Gasteiger partial charge in [-0.2, -0.15) is 0 Å². The Kier molecular flexibility index (Phi) is 2.65. The second-order valence-electron chi connectivity index (χ2n) is 1.21. The predicted molar refractivity (Wildman–Crippen MR) is 27.9 cm³/mol. The van der Waals surface area contributed by atoms with E-state index in [1.807, 2.05) is 0 Å². The summed E-state index contributed by atoms with van der Waals surface area (Å²) in [5.74, 6) is 0. The molecule has 0 saturated carbocycles. The first-order chi connectivity index (χ1) is 3.06. The summed E-state index contributed by atoms with van der Waals surface area (Å²) in [5.41, 5.74) is 0. The van der Waals surface area contributed by atoms with Crippen LogP contribution in [0.25, 0.3) is 0 Å². The Morgan fingerprint density at radius 3 is 2.00 bits per heavy atom. The van der Waals surface area contributed by atoms with E-state index in [2.05, 4.69) is 4.12 Å². The van der Waals surface area contributed by atoms with E-state index >= 15 is 0 Å². The van der Waals surface area contributed by atoms with Crippen LogP contribution in [0.3, 0.4) is 0 Å². The van der Waals surface area contributed by atoms with Crippen LogP contribution in [0.2, 0.25) is 6.55 Å². The molecule has 0 atom stereocenters. The van der Waals surface area contributed by atoms with Gasteiger partial charge in [-0.15, -0.1) is 0 Å². The van der Waals surface area contributed by atoms with E-state index in [1.165, 1.54) is 6.55 Å². The molecule has 0 aromatic carbocycles. The smallest absolute Gasteiger partial charge is 0.416 e. The maximum atomic E-state index is 8.36. The number of hydrogen-bond donors (Lipinski definition) is 3. The molecule has 0 aliphatic rings. The zero-order chi connectivity index (χ0) is 5.91. The summed E-state index contributed by atoms with van der Waals surface area (Å²) >= 11 is 0. The van der Waals surface area contributed by atoms with Crippen molar-refractivity contribution in [2.24, 2.45) is 0 Å². The van der Waals surface area contributed by atoms with E-state index < -0.39 is 18.8 Å². The normalized spacial score (nSPS) is 13.7. The predicted octanol–water partition coefficient (Wildman–Crippen LogP) is -2.45. The van der Waals surface area contributed by atoms with Crippen LogP contribution in [0.1, 0.15) is 0 Å². The number of rotatable bonds is 2. The largest absolute Gasteiger partial charge is 0.482 e. The van der Waals surface area contributed by atoms with Gasteiger partial charge in [0.1, 0.15) is 0 Å². The van der Waals surface area contributed by atoms with Gasteiger partial charge < -0.3 is 18.5 Å². The van der Waals surface area contributed by atoms with Gasteiger partial charge in [0.25, 0.3) is 10.0 Å². The molecule has 0 radical (unpaired) electrons. The van der Waals surface area contributed by atoms with Crippen LogP contribution in [-0.2, 0) is 4.12 Å². The summed E-state index contributed by atoms with van der Waals surface area (Å²) in [6.07, 6.45) is 0. The Morgan fingerprint density at radius 2 is 2.00 bits per heavy atom. The average Bonchev–Trinajstić information content (AvgIpc) is 1.30. The Balaban J connectivity index is 3.15. The third-order valence-electron chi connectivity index (χ3n) is 0.338.